The molecule has 1 atom stereocenters. The van der Waals surface area contributed by atoms with Gasteiger partial charge in [0.25, 0.3) is 11.8 Å². The minimum atomic E-state index is -0.758. The Morgan fingerprint density at radius 2 is 2.03 bits per heavy atom. The number of piperazine rings is 1. The molecule has 30 heavy (non-hydrogen) atoms. The van der Waals surface area contributed by atoms with Crippen LogP contribution < -0.4 is 5.32 Å². The molecule has 1 aromatic carbocycles. The topological polar surface area (TPSA) is 95.8 Å². The minimum absolute atomic E-state index is 0.129. The van der Waals surface area contributed by atoms with Crippen LogP contribution in [0.25, 0.3) is 11.3 Å². The van der Waals surface area contributed by atoms with E-state index in [1.165, 1.54) is 6.20 Å². The van der Waals surface area contributed by atoms with E-state index >= 15 is 0 Å². The molecule has 1 saturated heterocycles. The quantitative estimate of drug-likeness (QED) is 0.709. The van der Waals surface area contributed by atoms with Crippen molar-refractivity contribution in [2.45, 2.75) is 6.04 Å². The summed E-state index contributed by atoms with van der Waals surface area (Å²) >= 11 is 0. The van der Waals surface area contributed by atoms with Gasteiger partial charge < -0.3 is 19.5 Å². The molecule has 0 bridgehead atoms. The van der Waals surface area contributed by atoms with E-state index < -0.39 is 6.04 Å². The number of fused-ring (bicyclic) bond motifs is 2. The number of anilines is 1. The van der Waals surface area contributed by atoms with Crippen LogP contribution in [0, 0.1) is 0 Å². The second-order valence-electron chi connectivity index (χ2n) is 7.23. The van der Waals surface area contributed by atoms with E-state index in [0.29, 0.717) is 29.1 Å². The summed E-state index contributed by atoms with van der Waals surface area (Å²) in [6.45, 7) is 0.744. The van der Waals surface area contributed by atoms with Gasteiger partial charge in [0.15, 0.2) is 0 Å². The number of carbonyl (C=O) groups excluding carboxylic acids is 3. The highest BCUT2D eigenvalue weighted by Gasteiger charge is 2.40. The van der Waals surface area contributed by atoms with E-state index in [9.17, 15) is 14.4 Å². The van der Waals surface area contributed by atoms with Crippen LogP contribution in [0.15, 0.2) is 65.5 Å². The molecule has 2 aromatic heterocycles. The molecule has 0 radical (unpaired) electrons. The molecule has 0 spiro atoms. The molecule has 0 aliphatic carbocycles. The number of rotatable bonds is 2. The van der Waals surface area contributed by atoms with Crippen molar-refractivity contribution >= 4 is 23.4 Å². The highest BCUT2D eigenvalue weighted by molar-refractivity contribution is 6.11. The number of hydrogen-bond donors (Lipinski definition) is 1. The second kappa shape index (κ2) is 7.14. The average Bonchev–Trinajstić information content (AvgIpc) is 3.30. The largest absolute Gasteiger partial charge is 0.464 e. The molecule has 8 nitrogen and oxygen atoms in total. The van der Waals surface area contributed by atoms with Crippen LogP contribution in [0.2, 0.25) is 0 Å². The third-order valence-corrected chi connectivity index (χ3v) is 5.45. The summed E-state index contributed by atoms with van der Waals surface area (Å²) in [5.41, 5.74) is 2.08. The van der Waals surface area contributed by atoms with E-state index in [1.54, 1.807) is 58.7 Å². The van der Waals surface area contributed by atoms with Crippen molar-refractivity contribution in [3.63, 3.8) is 0 Å². The zero-order valence-electron chi connectivity index (χ0n) is 15.9. The Morgan fingerprint density at radius 3 is 2.80 bits per heavy atom. The number of amides is 3. The number of carbonyl (C=O) groups is 3. The molecule has 2 aliphatic heterocycles. The third kappa shape index (κ3) is 3.02. The lowest BCUT2D eigenvalue weighted by molar-refractivity contribution is -0.121. The summed E-state index contributed by atoms with van der Waals surface area (Å²) in [5, 5.41) is 2.84. The first-order valence-electron chi connectivity index (χ1n) is 9.61. The number of furan rings is 1. The Labute approximate surface area is 172 Å². The van der Waals surface area contributed by atoms with Crippen molar-refractivity contribution < 1.29 is 18.8 Å². The predicted molar refractivity (Wildman–Crippen MR) is 108 cm³/mol. The number of hydrogen-bond acceptors (Lipinski definition) is 5. The van der Waals surface area contributed by atoms with Crippen molar-refractivity contribution in [2.75, 3.05) is 25.0 Å². The minimum Gasteiger partial charge on any atom is -0.464 e. The van der Waals surface area contributed by atoms with Crippen LogP contribution in [0.1, 0.15) is 20.7 Å². The van der Waals surface area contributed by atoms with Crippen LogP contribution in [-0.2, 0) is 4.79 Å². The number of nitrogens with zero attached hydrogens (tertiary/aromatic N) is 3. The lowest BCUT2D eigenvalue weighted by Gasteiger charge is -2.39. The SMILES string of the molecule is O=C1Nc2ccc(-c3ccco3)cc2C(=O)N2CCN(C(=O)c3cccnc3)C[C@H]12. The van der Waals surface area contributed by atoms with Gasteiger partial charge in [0, 0.05) is 31.0 Å². The second-order valence-corrected chi connectivity index (χ2v) is 7.23. The molecule has 3 amide bonds. The fourth-order valence-electron chi connectivity index (χ4n) is 3.90. The maximum Gasteiger partial charge on any atom is 0.256 e. The van der Waals surface area contributed by atoms with E-state index in [0.717, 1.165) is 5.56 Å². The zero-order valence-corrected chi connectivity index (χ0v) is 15.9. The van der Waals surface area contributed by atoms with Gasteiger partial charge in [0.2, 0.25) is 5.91 Å². The number of aromatic nitrogens is 1. The van der Waals surface area contributed by atoms with E-state index in [2.05, 4.69) is 10.3 Å². The first-order chi connectivity index (χ1) is 14.6. The molecule has 1 N–H and O–H groups in total. The van der Waals surface area contributed by atoms with Gasteiger partial charge in [-0.25, -0.2) is 0 Å². The highest BCUT2D eigenvalue weighted by atomic mass is 16.3. The first-order valence-corrected chi connectivity index (χ1v) is 9.61. The maximum atomic E-state index is 13.3. The fraction of sp³-hybridized carbons (Fsp3) is 0.182. The molecule has 0 saturated carbocycles. The van der Waals surface area contributed by atoms with Crippen LogP contribution in [0.3, 0.4) is 0 Å². The van der Waals surface area contributed by atoms with E-state index in [-0.39, 0.29) is 30.8 Å². The summed E-state index contributed by atoms with van der Waals surface area (Å²) in [7, 11) is 0. The average molecular weight is 402 g/mol. The first kappa shape index (κ1) is 18.1. The smallest absolute Gasteiger partial charge is 0.256 e. The Bertz CT molecular complexity index is 1130. The summed E-state index contributed by atoms with van der Waals surface area (Å²) in [4.78, 5) is 46.1. The Morgan fingerprint density at radius 1 is 1.13 bits per heavy atom. The Kier molecular flexibility index (Phi) is 4.31. The standard InChI is InChI=1S/C22H18N4O4/c27-20-18-13-25(21(28)15-3-1-7-23-12-15)8-9-26(18)22(29)16-11-14(5-6-17(16)24-20)19-4-2-10-30-19/h1-7,10-12,18H,8-9,13H2,(H,24,27)/t18-/m1/s1. The zero-order chi connectivity index (χ0) is 20.7. The van der Waals surface area contributed by atoms with Gasteiger partial charge in [-0.1, -0.05) is 0 Å². The van der Waals surface area contributed by atoms with Crippen molar-refractivity contribution in [1.82, 2.24) is 14.8 Å². The third-order valence-electron chi connectivity index (χ3n) is 5.45. The molecule has 2 aliphatic rings. The molecular formula is C22H18N4O4. The Balaban J connectivity index is 1.43. The van der Waals surface area contributed by atoms with Crippen molar-refractivity contribution in [1.29, 1.82) is 0 Å². The molecule has 5 rings (SSSR count). The fourth-order valence-corrected chi connectivity index (χ4v) is 3.90. The lowest BCUT2D eigenvalue weighted by Crippen LogP contribution is -2.59. The van der Waals surface area contributed by atoms with Crippen molar-refractivity contribution in [3.8, 4) is 11.3 Å². The van der Waals surface area contributed by atoms with Gasteiger partial charge in [-0.15, -0.1) is 0 Å². The lowest BCUT2D eigenvalue weighted by atomic mass is 10.0. The number of benzene rings is 1. The molecule has 0 unspecified atom stereocenters. The molecule has 150 valence electrons. The summed E-state index contributed by atoms with van der Waals surface area (Å²) in [5.74, 6) is -0.110. The van der Waals surface area contributed by atoms with Crippen LogP contribution in [0.4, 0.5) is 5.69 Å². The van der Waals surface area contributed by atoms with E-state index in [4.69, 9.17) is 4.42 Å². The van der Waals surface area contributed by atoms with Gasteiger partial charge in [0.05, 0.1) is 29.6 Å². The molecule has 4 heterocycles. The summed E-state index contributed by atoms with van der Waals surface area (Å²) in [6, 6.07) is 11.4. The normalized spacial score (nSPS) is 18.3. The van der Waals surface area contributed by atoms with Gasteiger partial charge in [-0.2, -0.15) is 0 Å². The summed E-state index contributed by atoms with van der Waals surface area (Å²) < 4.78 is 5.43. The summed E-state index contributed by atoms with van der Waals surface area (Å²) in [6.07, 6.45) is 4.67. The predicted octanol–water partition coefficient (Wildman–Crippen LogP) is 2.26. The molecular weight excluding hydrogens is 384 g/mol. The Hall–Kier alpha value is -3.94. The number of pyridine rings is 1. The van der Waals surface area contributed by atoms with Crippen molar-refractivity contribution in [3.05, 3.63) is 72.2 Å². The highest BCUT2D eigenvalue weighted by Crippen LogP contribution is 2.30. The van der Waals surface area contributed by atoms with Gasteiger partial charge in [-0.3, -0.25) is 19.4 Å². The molecule has 8 heteroatoms. The van der Waals surface area contributed by atoms with E-state index in [1.807, 2.05) is 6.07 Å². The van der Waals surface area contributed by atoms with Gasteiger partial charge >= 0.3 is 0 Å². The molecule has 1 fully saturated rings. The van der Waals surface area contributed by atoms with Crippen molar-refractivity contribution in [2.24, 2.45) is 0 Å². The van der Waals surface area contributed by atoms with Crippen LogP contribution >= 0.6 is 0 Å². The van der Waals surface area contributed by atoms with Crippen LogP contribution in [-0.4, -0.2) is 58.2 Å². The van der Waals surface area contributed by atoms with Gasteiger partial charge in [0.1, 0.15) is 11.8 Å². The monoisotopic (exact) mass is 402 g/mol. The van der Waals surface area contributed by atoms with Crippen LogP contribution in [0.5, 0.6) is 0 Å². The molecule has 3 aromatic rings. The maximum absolute atomic E-state index is 13.3. The number of nitrogens with one attached hydrogen (secondary N) is 1. The van der Waals surface area contributed by atoms with Gasteiger partial charge in [-0.05, 0) is 42.5 Å².